The summed E-state index contributed by atoms with van der Waals surface area (Å²) in [5, 5.41) is 13.9. The summed E-state index contributed by atoms with van der Waals surface area (Å²) in [4.78, 5) is 19.0. The standard InChI is InChI=1S/C17H25N3O3.ClH/c1-2-23-15-13(5-3-8-19-15)16(22)20-10-4-7-17(12-20)11-18-9-6-14(17)21;/h3,5,8,14,18,21H,2,4,6-7,9-12H2,1H3;1H/t14-,17-;/m0./s1. The SMILES string of the molecule is CCOc1ncccc1C(=O)N1CCC[C@]2(CNCC[C@@H]2O)C1.Cl. The summed E-state index contributed by atoms with van der Waals surface area (Å²) >= 11 is 0. The molecule has 2 N–H and O–H groups in total. The largest absolute Gasteiger partial charge is 0.477 e. The van der Waals surface area contributed by atoms with Crippen LogP contribution in [0.2, 0.25) is 0 Å². The number of hydrogen-bond donors (Lipinski definition) is 2. The molecule has 0 aromatic carbocycles. The van der Waals surface area contributed by atoms with Crippen LogP contribution in [0.1, 0.15) is 36.5 Å². The Balaban J connectivity index is 0.00000208. The van der Waals surface area contributed by atoms with Gasteiger partial charge < -0.3 is 20.1 Å². The fourth-order valence-electron chi connectivity index (χ4n) is 3.73. The minimum Gasteiger partial charge on any atom is -0.477 e. The summed E-state index contributed by atoms with van der Waals surface area (Å²) in [7, 11) is 0. The lowest BCUT2D eigenvalue weighted by Crippen LogP contribution is -2.58. The number of halogens is 1. The van der Waals surface area contributed by atoms with Gasteiger partial charge >= 0.3 is 0 Å². The van der Waals surface area contributed by atoms with Crippen molar-refractivity contribution in [1.82, 2.24) is 15.2 Å². The van der Waals surface area contributed by atoms with Gasteiger partial charge in [-0.05, 0) is 44.9 Å². The second-order valence-electron chi connectivity index (χ2n) is 6.46. The van der Waals surface area contributed by atoms with E-state index in [4.69, 9.17) is 4.74 Å². The first-order valence-corrected chi connectivity index (χ1v) is 8.42. The lowest BCUT2D eigenvalue weighted by molar-refractivity contribution is -0.0433. The van der Waals surface area contributed by atoms with Crippen LogP contribution in [0, 0.1) is 5.41 Å². The number of hydrogen-bond acceptors (Lipinski definition) is 5. The normalized spacial score (nSPS) is 26.8. The number of aliphatic hydroxyl groups is 1. The van der Waals surface area contributed by atoms with Crippen molar-refractivity contribution in [3.05, 3.63) is 23.9 Å². The van der Waals surface area contributed by atoms with Gasteiger partial charge in [0.25, 0.3) is 5.91 Å². The van der Waals surface area contributed by atoms with Crippen molar-refractivity contribution in [2.24, 2.45) is 5.41 Å². The van der Waals surface area contributed by atoms with Crippen LogP contribution in [-0.2, 0) is 0 Å². The van der Waals surface area contributed by atoms with E-state index in [1.807, 2.05) is 11.8 Å². The van der Waals surface area contributed by atoms with E-state index in [0.29, 0.717) is 31.1 Å². The lowest BCUT2D eigenvalue weighted by atomic mass is 9.72. The molecule has 0 saturated carbocycles. The number of rotatable bonds is 3. The van der Waals surface area contributed by atoms with Crippen molar-refractivity contribution < 1.29 is 14.6 Å². The summed E-state index contributed by atoms with van der Waals surface area (Å²) in [6.07, 6.45) is 3.90. The van der Waals surface area contributed by atoms with Crippen molar-refractivity contribution in [2.75, 3.05) is 32.8 Å². The van der Waals surface area contributed by atoms with Crippen LogP contribution in [-0.4, -0.2) is 59.8 Å². The van der Waals surface area contributed by atoms with E-state index in [9.17, 15) is 9.90 Å². The van der Waals surface area contributed by atoms with E-state index >= 15 is 0 Å². The number of amides is 1. The summed E-state index contributed by atoms with van der Waals surface area (Å²) < 4.78 is 5.49. The number of nitrogens with one attached hydrogen (secondary N) is 1. The number of nitrogens with zero attached hydrogens (tertiary/aromatic N) is 2. The minimum absolute atomic E-state index is 0. The highest BCUT2D eigenvalue weighted by molar-refractivity contribution is 5.96. The maximum Gasteiger partial charge on any atom is 0.259 e. The molecule has 1 amide bonds. The first-order chi connectivity index (χ1) is 11.2. The molecule has 0 bridgehead atoms. The quantitative estimate of drug-likeness (QED) is 0.859. The van der Waals surface area contributed by atoms with Crippen LogP contribution < -0.4 is 10.1 Å². The van der Waals surface area contributed by atoms with Gasteiger partial charge in [-0.2, -0.15) is 0 Å². The highest BCUT2D eigenvalue weighted by Crippen LogP contribution is 2.37. The summed E-state index contributed by atoms with van der Waals surface area (Å²) in [6, 6.07) is 3.52. The molecular formula is C17H26ClN3O3. The molecule has 1 aromatic heterocycles. The number of likely N-dealkylation sites (tertiary alicyclic amines) is 1. The topological polar surface area (TPSA) is 74.7 Å². The van der Waals surface area contributed by atoms with Crippen molar-refractivity contribution >= 4 is 18.3 Å². The predicted octanol–water partition coefficient (Wildman–Crippen LogP) is 1.48. The molecular weight excluding hydrogens is 330 g/mol. The molecule has 0 radical (unpaired) electrons. The van der Waals surface area contributed by atoms with Crippen molar-refractivity contribution in [2.45, 2.75) is 32.3 Å². The highest BCUT2D eigenvalue weighted by atomic mass is 35.5. The number of ether oxygens (including phenoxy) is 1. The Kier molecular flexibility index (Phi) is 6.43. The van der Waals surface area contributed by atoms with Crippen LogP contribution in [0.3, 0.4) is 0 Å². The Morgan fingerprint density at radius 1 is 1.58 bits per heavy atom. The van der Waals surface area contributed by atoms with Gasteiger partial charge in [-0.3, -0.25) is 4.79 Å². The van der Waals surface area contributed by atoms with E-state index in [2.05, 4.69) is 10.3 Å². The molecule has 134 valence electrons. The van der Waals surface area contributed by atoms with Gasteiger partial charge in [0.05, 0.1) is 12.7 Å². The molecule has 2 atom stereocenters. The monoisotopic (exact) mass is 355 g/mol. The van der Waals surface area contributed by atoms with Gasteiger partial charge in [0.2, 0.25) is 5.88 Å². The average Bonchev–Trinajstić information content (AvgIpc) is 2.58. The van der Waals surface area contributed by atoms with E-state index in [0.717, 1.165) is 32.4 Å². The summed E-state index contributed by atoms with van der Waals surface area (Å²) in [5.74, 6) is 0.334. The number of aliphatic hydroxyl groups excluding tert-OH is 1. The molecule has 3 heterocycles. The van der Waals surface area contributed by atoms with Crippen molar-refractivity contribution in [1.29, 1.82) is 0 Å². The summed E-state index contributed by atoms with van der Waals surface area (Å²) in [6.45, 7) is 5.26. The zero-order valence-corrected chi connectivity index (χ0v) is 14.8. The molecule has 0 unspecified atom stereocenters. The first kappa shape index (κ1) is 19.0. The molecule has 2 aliphatic rings. The average molecular weight is 356 g/mol. The van der Waals surface area contributed by atoms with Crippen LogP contribution in [0.5, 0.6) is 5.88 Å². The third-order valence-corrected chi connectivity index (χ3v) is 4.96. The third-order valence-electron chi connectivity index (χ3n) is 4.96. The smallest absolute Gasteiger partial charge is 0.259 e. The zero-order chi connectivity index (χ0) is 16.3. The number of carbonyl (C=O) groups excluding carboxylic acids is 1. The number of pyridine rings is 1. The Morgan fingerprint density at radius 2 is 2.42 bits per heavy atom. The van der Waals surface area contributed by atoms with E-state index < -0.39 is 0 Å². The second-order valence-corrected chi connectivity index (χ2v) is 6.46. The van der Waals surface area contributed by atoms with Crippen molar-refractivity contribution in [3.63, 3.8) is 0 Å². The van der Waals surface area contributed by atoms with Gasteiger partial charge in [-0.15, -0.1) is 12.4 Å². The molecule has 1 aromatic rings. The van der Waals surface area contributed by atoms with Gasteiger partial charge in [0.15, 0.2) is 0 Å². The van der Waals surface area contributed by atoms with E-state index in [1.165, 1.54) is 0 Å². The van der Waals surface area contributed by atoms with Gasteiger partial charge in [-0.25, -0.2) is 4.98 Å². The molecule has 2 saturated heterocycles. The Hall–Kier alpha value is -1.37. The maximum atomic E-state index is 12.9. The zero-order valence-electron chi connectivity index (χ0n) is 14.0. The molecule has 2 aliphatic heterocycles. The first-order valence-electron chi connectivity index (χ1n) is 8.42. The van der Waals surface area contributed by atoms with Crippen LogP contribution in [0.25, 0.3) is 0 Å². The molecule has 1 spiro atoms. The fourth-order valence-corrected chi connectivity index (χ4v) is 3.73. The Morgan fingerprint density at radius 3 is 3.17 bits per heavy atom. The molecule has 3 rings (SSSR count). The van der Waals surface area contributed by atoms with Gasteiger partial charge in [0, 0.05) is 31.2 Å². The summed E-state index contributed by atoms with van der Waals surface area (Å²) in [5.41, 5.74) is 0.282. The van der Waals surface area contributed by atoms with Crippen LogP contribution >= 0.6 is 12.4 Å². The lowest BCUT2D eigenvalue weighted by Gasteiger charge is -2.48. The number of aromatic nitrogens is 1. The van der Waals surface area contributed by atoms with Gasteiger partial charge in [0.1, 0.15) is 5.56 Å². The van der Waals surface area contributed by atoms with Crippen LogP contribution in [0.4, 0.5) is 0 Å². The number of carbonyl (C=O) groups is 1. The molecule has 7 heteroatoms. The van der Waals surface area contributed by atoms with E-state index in [1.54, 1.807) is 18.3 Å². The minimum atomic E-state index is -0.348. The third kappa shape index (κ3) is 3.66. The maximum absolute atomic E-state index is 12.9. The molecule has 0 aliphatic carbocycles. The number of piperidine rings is 2. The fraction of sp³-hybridized carbons (Fsp3) is 0.647. The van der Waals surface area contributed by atoms with Gasteiger partial charge in [-0.1, -0.05) is 0 Å². The highest BCUT2D eigenvalue weighted by Gasteiger charge is 2.44. The Bertz CT molecular complexity index is 568. The van der Waals surface area contributed by atoms with Crippen LogP contribution in [0.15, 0.2) is 18.3 Å². The van der Waals surface area contributed by atoms with E-state index in [-0.39, 0.29) is 29.8 Å². The molecule has 24 heavy (non-hydrogen) atoms. The second kappa shape index (κ2) is 8.14. The Labute approximate surface area is 149 Å². The van der Waals surface area contributed by atoms with Crippen molar-refractivity contribution in [3.8, 4) is 5.88 Å². The predicted molar refractivity (Wildman–Crippen MR) is 93.7 cm³/mol. The molecule has 2 fully saturated rings. The molecule has 6 nitrogen and oxygen atoms in total.